The van der Waals surface area contributed by atoms with Gasteiger partial charge in [0.1, 0.15) is 5.82 Å². The molecule has 0 aliphatic carbocycles. The highest BCUT2D eigenvalue weighted by Crippen LogP contribution is 2.02. The first-order chi connectivity index (χ1) is 6.88. The number of carbonyl (C=O) groups excluding carboxylic acids is 1. The smallest absolute Gasteiger partial charge is 0.234 e. The summed E-state index contributed by atoms with van der Waals surface area (Å²) in [5.74, 6) is 0.720. The van der Waals surface area contributed by atoms with Crippen LogP contribution in [0.3, 0.4) is 0 Å². The summed E-state index contributed by atoms with van der Waals surface area (Å²) < 4.78 is 1.22. The molecule has 2 heterocycles. The topological polar surface area (TPSA) is 60.7 Å². The van der Waals surface area contributed by atoms with E-state index in [-0.39, 0.29) is 0 Å². The summed E-state index contributed by atoms with van der Waals surface area (Å²) in [5.41, 5.74) is 0.920. The van der Waals surface area contributed by atoms with Crippen molar-refractivity contribution in [3.05, 3.63) is 42.2 Å². The quantitative estimate of drug-likeness (QED) is 0.650. The van der Waals surface area contributed by atoms with Crippen LogP contribution in [0.4, 0.5) is 0 Å². The van der Waals surface area contributed by atoms with Crippen LogP contribution in [-0.4, -0.2) is 26.2 Å². The van der Waals surface area contributed by atoms with Crippen molar-refractivity contribution >= 4 is 6.41 Å². The van der Waals surface area contributed by atoms with Gasteiger partial charge in [0.2, 0.25) is 6.41 Å². The third kappa shape index (κ3) is 1.82. The van der Waals surface area contributed by atoms with Gasteiger partial charge in [-0.2, -0.15) is 5.10 Å². The molecule has 2 aromatic rings. The zero-order valence-electron chi connectivity index (χ0n) is 7.37. The minimum atomic E-state index is 0.592. The minimum Gasteiger partial charge on any atom is -0.276 e. The maximum absolute atomic E-state index is 10.3. The van der Waals surface area contributed by atoms with Gasteiger partial charge >= 0.3 is 0 Å². The summed E-state index contributed by atoms with van der Waals surface area (Å²) >= 11 is 0. The second kappa shape index (κ2) is 3.78. The Morgan fingerprint density at radius 3 is 2.79 bits per heavy atom. The van der Waals surface area contributed by atoms with E-state index >= 15 is 0 Å². The van der Waals surface area contributed by atoms with Crippen molar-refractivity contribution in [1.82, 2.24) is 19.7 Å². The molecule has 0 saturated carbocycles. The first-order valence-corrected chi connectivity index (χ1v) is 4.13. The van der Waals surface area contributed by atoms with Gasteiger partial charge in [0.25, 0.3) is 0 Å². The molecule has 0 spiro atoms. The fraction of sp³-hybridized carbons (Fsp3) is 0.111. The maximum atomic E-state index is 10.3. The zero-order chi connectivity index (χ0) is 9.80. The highest BCUT2D eigenvalue weighted by molar-refractivity contribution is 5.50. The Hall–Kier alpha value is -2.04. The second-order valence-corrected chi connectivity index (χ2v) is 2.78. The molecule has 0 N–H and O–H groups in total. The van der Waals surface area contributed by atoms with Crippen molar-refractivity contribution < 1.29 is 4.79 Å². The number of aromatic nitrogens is 4. The SMILES string of the molecule is O=Cn1cc(Cc2ncccn2)cn1. The van der Waals surface area contributed by atoms with Crippen LogP contribution in [0.1, 0.15) is 11.4 Å². The van der Waals surface area contributed by atoms with Gasteiger partial charge in [-0.3, -0.25) is 4.79 Å². The lowest BCUT2D eigenvalue weighted by molar-refractivity contribution is 0.540. The van der Waals surface area contributed by atoms with Crippen molar-refractivity contribution in [2.75, 3.05) is 0 Å². The van der Waals surface area contributed by atoms with Gasteiger partial charge in [-0.25, -0.2) is 14.6 Å². The van der Waals surface area contributed by atoms with Crippen molar-refractivity contribution in [2.24, 2.45) is 0 Å². The van der Waals surface area contributed by atoms with Crippen LogP contribution in [-0.2, 0) is 11.2 Å². The molecule has 0 aliphatic rings. The predicted molar refractivity (Wildman–Crippen MR) is 49.2 cm³/mol. The molecule has 2 aromatic heterocycles. The molecule has 5 heteroatoms. The van der Waals surface area contributed by atoms with Crippen molar-refractivity contribution in [1.29, 1.82) is 0 Å². The number of carbonyl (C=O) groups is 1. The Morgan fingerprint density at radius 1 is 1.36 bits per heavy atom. The molecule has 0 bridgehead atoms. The lowest BCUT2D eigenvalue weighted by Gasteiger charge is -1.93. The summed E-state index contributed by atoms with van der Waals surface area (Å²) in [7, 11) is 0. The van der Waals surface area contributed by atoms with E-state index in [1.54, 1.807) is 30.9 Å². The van der Waals surface area contributed by atoms with Crippen LogP contribution in [0.5, 0.6) is 0 Å². The zero-order valence-corrected chi connectivity index (χ0v) is 7.37. The summed E-state index contributed by atoms with van der Waals surface area (Å²) in [4.78, 5) is 18.5. The highest BCUT2D eigenvalue weighted by Gasteiger charge is 2.00. The molecular weight excluding hydrogens is 180 g/mol. The summed E-state index contributed by atoms with van der Waals surface area (Å²) in [5, 5.41) is 3.82. The van der Waals surface area contributed by atoms with Gasteiger partial charge in [-0.1, -0.05) is 0 Å². The van der Waals surface area contributed by atoms with Gasteiger partial charge in [0.15, 0.2) is 0 Å². The van der Waals surface area contributed by atoms with Crippen LogP contribution in [0.2, 0.25) is 0 Å². The van der Waals surface area contributed by atoms with Gasteiger partial charge in [0, 0.05) is 25.0 Å². The third-order valence-corrected chi connectivity index (χ3v) is 1.74. The molecule has 14 heavy (non-hydrogen) atoms. The maximum Gasteiger partial charge on any atom is 0.234 e. The van der Waals surface area contributed by atoms with Gasteiger partial charge < -0.3 is 0 Å². The first-order valence-electron chi connectivity index (χ1n) is 4.13. The molecule has 0 radical (unpaired) electrons. The van der Waals surface area contributed by atoms with E-state index in [1.165, 1.54) is 4.68 Å². The Kier molecular flexibility index (Phi) is 2.31. The van der Waals surface area contributed by atoms with E-state index in [1.807, 2.05) is 0 Å². The third-order valence-electron chi connectivity index (χ3n) is 1.74. The monoisotopic (exact) mass is 188 g/mol. The Balaban J connectivity index is 2.15. The lowest BCUT2D eigenvalue weighted by atomic mass is 10.2. The van der Waals surface area contributed by atoms with Crippen LogP contribution in [0.15, 0.2) is 30.9 Å². The summed E-state index contributed by atoms with van der Waals surface area (Å²) in [6.45, 7) is 0. The highest BCUT2D eigenvalue weighted by atomic mass is 16.1. The molecule has 70 valence electrons. The average Bonchev–Trinajstić information content (AvgIpc) is 2.67. The molecule has 0 unspecified atom stereocenters. The van der Waals surface area contributed by atoms with E-state index in [2.05, 4.69) is 15.1 Å². The van der Waals surface area contributed by atoms with E-state index < -0.39 is 0 Å². The fourth-order valence-electron chi connectivity index (χ4n) is 1.13. The molecule has 5 nitrogen and oxygen atoms in total. The molecule has 0 atom stereocenters. The molecule has 0 aliphatic heterocycles. The standard InChI is InChI=1S/C9H8N4O/c14-7-13-6-8(5-12-13)4-9-10-2-1-3-11-9/h1-3,5-7H,4H2. The molecule has 0 saturated heterocycles. The Morgan fingerprint density at radius 2 is 2.14 bits per heavy atom. The van der Waals surface area contributed by atoms with Crippen molar-refractivity contribution in [3.8, 4) is 0 Å². The molecule has 2 rings (SSSR count). The fourth-order valence-corrected chi connectivity index (χ4v) is 1.13. The average molecular weight is 188 g/mol. The second-order valence-electron chi connectivity index (χ2n) is 2.78. The van der Waals surface area contributed by atoms with E-state index in [0.29, 0.717) is 12.8 Å². The first kappa shape index (κ1) is 8.55. The van der Waals surface area contributed by atoms with Gasteiger partial charge in [-0.15, -0.1) is 0 Å². The van der Waals surface area contributed by atoms with Crippen LogP contribution in [0, 0.1) is 0 Å². The molecular formula is C9H8N4O. The van der Waals surface area contributed by atoms with Crippen molar-refractivity contribution in [2.45, 2.75) is 6.42 Å². The number of hydrogen-bond donors (Lipinski definition) is 0. The summed E-state index contributed by atoms with van der Waals surface area (Å²) in [6, 6.07) is 1.76. The van der Waals surface area contributed by atoms with Crippen molar-refractivity contribution in [3.63, 3.8) is 0 Å². The van der Waals surface area contributed by atoms with Gasteiger partial charge in [0.05, 0.1) is 6.20 Å². The van der Waals surface area contributed by atoms with Crippen LogP contribution < -0.4 is 0 Å². The van der Waals surface area contributed by atoms with Gasteiger partial charge in [-0.05, 0) is 11.6 Å². The lowest BCUT2D eigenvalue weighted by Crippen LogP contribution is -1.95. The molecule has 0 aromatic carbocycles. The Labute approximate surface area is 80.4 Å². The summed E-state index contributed by atoms with van der Waals surface area (Å²) in [6.07, 6.45) is 7.90. The number of hydrogen-bond acceptors (Lipinski definition) is 4. The molecule has 0 amide bonds. The van der Waals surface area contributed by atoms with Crippen LogP contribution in [0.25, 0.3) is 0 Å². The van der Waals surface area contributed by atoms with E-state index in [0.717, 1.165) is 11.4 Å². The van der Waals surface area contributed by atoms with Crippen LogP contribution >= 0.6 is 0 Å². The molecule has 0 fully saturated rings. The number of rotatable bonds is 3. The number of nitrogens with zero attached hydrogens (tertiary/aromatic N) is 4. The Bertz CT molecular complexity index is 423. The largest absolute Gasteiger partial charge is 0.276 e. The van der Waals surface area contributed by atoms with E-state index in [4.69, 9.17) is 0 Å². The minimum absolute atomic E-state index is 0.592. The normalized spacial score (nSPS) is 10.0. The predicted octanol–water partition coefficient (Wildman–Crippen LogP) is 0.302. The van der Waals surface area contributed by atoms with E-state index in [9.17, 15) is 4.79 Å².